The van der Waals surface area contributed by atoms with Gasteiger partial charge in [0.15, 0.2) is 0 Å². The molecule has 6 rings (SSSR count). The number of benzene rings is 3. The number of imide groups is 1. The fraction of sp³-hybridized carbons (Fsp3) is 0.300. The predicted molar refractivity (Wildman–Crippen MR) is 145 cm³/mol. The first-order valence-corrected chi connectivity index (χ1v) is 13.8. The summed E-state index contributed by atoms with van der Waals surface area (Å²) in [6.07, 6.45) is 5.35. The molecule has 0 bridgehead atoms. The van der Waals surface area contributed by atoms with E-state index < -0.39 is 0 Å². The summed E-state index contributed by atoms with van der Waals surface area (Å²) in [6.45, 7) is 1.25. The molecule has 1 fully saturated rings. The van der Waals surface area contributed by atoms with E-state index in [1.165, 1.54) is 23.3 Å². The van der Waals surface area contributed by atoms with Gasteiger partial charge in [0.1, 0.15) is 5.75 Å². The van der Waals surface area contributed by atoms with Gasteiger partial charge in [-0.15, -0.1) is 0 Å². The maximum atomic E-state index is 12.6. The van der Waals surface area contributed by atoms with Crippen LogP contribution in [0.4, 0.5) is 0 Å². The highest BCUT2D eigenvalue weighted by molar-refractivity contribution is 7.20. The van der Waals surface area contributed by atoms with Gasteiger partial charge in [-0.1, -0.05) is 47.7 Å². The van der Waals surface area contributed by atoms with Gasteiger partial charge in [0.05, 0.1) is 21.3 Å². The highest BCUT2D eigenvalue weighted by Gasteiger charge is 2.35. The SMILES string of the molecule is O=C1c2ccccc2C(=O)N1CCCNC(CCc1ccc(Oc2nc3ccccc3s2)cc1)C1CC1. The number of ether oxygens (including phenoxy) is 1. The number of amides is 2. The number of carbonyl (C=O) groups excluding carboxylic acids is 2. The second-order valence-electron chi connectivity index (χ2n) is 9.79. The molecule has 1 aliphatic heterocycles. The topological polar surface area (TPSA) is 71.5 Å². The van der Waals surface area contributed by atoms with Crippen LogP contribution < -0.4 is 10.1 Å². The van der Waals surface area contributed by atoms with E-state index in [2.05, 4.69) is 28.5 Å². The number of nitrogens with one attached hydrogen (secondary N) is 1. The van der Waals surface area contributed by atoms with E-state index in [9.17, 15) is 9.59 Å². The molecule has 0 saturated heterocycles. The zero-order chi connectivity index (χ0) is 25.2. The lowest BCUT2D eigenvalue weighted by Gasteiger charge is -2.20. The molecule has 37 heavy (non-hydrogen) atoms. The number of aryl methyl sites for hydroxylation is 1. The van der Waals surface area contributed by atoms with Gasteiger partial charge < -0.3 is 10.1 Å². The fourth-order valence-electron chi connectivity index (χ4n) is 5.01. The van der Waals surface area contributed by atoms with Gasteiger partial charge in [-0.3, -0.25) is 14.5 Å². The smallest absolute Gasteiger partial charge is 0.279 e. The standard InChI is InChI=1S/C30H29N3O3S/c34-28-23-6-1-2-7-24(23)29(35)33(28)19-5-18-31-25(21-13-14-21)17-12-20-10-15-22(16-11-20)36-30-32-26-8-3-4-9-27(26)37-30/h1-4,6-11,15-16,21,25,31H,5,12-14,17-19H2. The third-order valence-corrected chi connectivity index (χ3v) is 8.10. The van der Waals surface area contributed by atoms with Crippen molar-refractivity contribution < 1.29 is 14.3 Å². The van der Waals surface area contributed by atoms with Crippen LogP contribution in [0.5, 0.6) is 10.9 Å². The summed E-state index contributed by atoms with van der Waals surface area (Å²) in [7, 11) is 0. The van der Waals surface area contributed by atoms with Crippen LogP contribution in [0.25, 0.3) is 10.2 Å². The zero-order valence-electron chi connectivity index (χ0n) is 20.6. The minimum absolute atomic E-state index is 0.171. The van der Waals surface area contributed by atoms with Gasteiger partial charge in [0, 0.05) is 12.6 Å². The molecule has 2 aliphatic rings. The lowest BCUT2D eigenvalue weighted by molar-refractivity contribution is 0.0652. The number of hydrogen-bond donors (Lipinski definition) is 1. The van der Waals surface area contributed by atoms with Gasteiger partial charge in [0.25, 0.3) is 17.0 Å². The van der Waals surface area contributed by atoms with E-state index >= 15 is 0 Å². The highest BCUT2D eigenvalue weighted by Crippen LogP contribution is 2.35. The first-order valence-electron chi connectivity index (χ1n) is 13.0. The second kappa shape index (κ2) is 10.4. The van der Waals surface area contributed by atoms with E-state index in [-0.39, 0.29) is 11.8 Å². The third-order valence-electron chi connectivity index (χ3n) is 7.18. The Morgan fingerprint density at radius 3 is 2.35 bits per heavy atom. The number of hydrogen-bond acceptors (Lipinski definition) is 6. The van der Waals surface area contributed by atoms with E-state index in [1.807, 2.05) is 30.3 Å². The van der Waals surface area contributed by atoms with Crippen molar-refractivity contribution in [2.75, 3.05) is 13.1 Å². The van der Waals surface area contributed by atoms with E-state index in [0.717, 1.165) is 47.7 Å². The van der Waals surface area contributed by atoms with Crippen LogP contribution in [0.15, 0.2) is 72.8 Å². The predicted octanol–water partition coefficient (Wildman–Crippen LogP) is 6.08. The first kappa shape index (κ1) is 23.8. The van der Waals surface area contributed by atoms with Crippen molar-refractivity contribution in [3.8, 4) is 10.9 Å². The summed E-state index contributed by atoms with van der Waals surface area (Å²) in [5, 5.41) is 4.36. The van der Waals surface area contributed by atoms with Gasteiger partial charge in [-0.2, -0.15) is 0 Å². The van der Waals surface area contributed by atoms with Crippen molar-refractivity contribution in [3.05, 3.63) is 89.5 Å². The molecule has 3 aromatic carbocycles. The Hall–Kier alpha value is -3.55. The quantitative estimate of drug-likeness (QED) is 0.195. The fourth-order valence-corrected chi connectivity index (χ4v) is 5.85. The Bertz CT molecular complexity index is 1360. The van der Waals surface area contributed by atoms with E-state index in [0.29, 0.717) is 28.9 Å². The number of para-hydroxylation sites is 1. The Kier molecular flexibility index (Phi) is 6.72. The summed E-state index contributed by atoms with van der Waals surface area (Å²) in [5.41, 5.74) is 3.29. The Labute approximate surface area is 220 Å². The molecule has 1 unspecified atom stereocenters. The number of rotatable bonds is 11. The van der Waals surface area contributed by atoms with Crippen molar-refractivity contribution in [1.82, 2.24) is 15.2 Å². The molecule has 1 aromatic heterocycles. The summed E-state index contributed by atoms with van der Waals surface area (Å²) in [6, 6.07) is 23.9. The summed E-state index contributed by atoms with van der Waals surface area (Å²) >= 11 is 1.55. The largest absolute Gasteiger partial charge is 0.431 e. The van der Waals surface area contributed by atoms with Crippen LogP contribution >= 0.6 is 11.3 Å². The molecule has 2 amide bonds. The third kappa shape index (κ3) is 5.29. The van der Waals surface area contributed by atoms with Crippen molar-refractivity contribution in [2.45, 2.75) is 38.1 Å². The van der Waals surface area contributed by atoms with Gasteiger partial charge in [-0.25, -0.2) is 4.98 Å². The highest BCUT2D eigenvalue weighted by atomic mass is 32.1. The Morgan fingerprint density at radius 1 is 0.946 bits per heavy atom. The summed E-state index contributed by atoms with van der Waals surface area (Å²) in [5.74, 6) is 1.18. The lowest BCUT2D eigenvalue weighted by Crippen LogP contribution is -2.36. The van der Waals surface area contributed by atoms with Crippen LogP contribution in [0.3, 0.4) is 0 Å². The zero-order valence-corrected chi connectivity index (χ0v) is 21.4. The van der Waals surface area contributed by atoms with Crippen LogP contribution in [0, 0.1) is 5.92 Å². The molecule has 1 N–H and O–H groups in total. The van der Waals surface area contributed by atoms with E-state index in [4.69, 9.17) is 4.74 Å². The van der Waals surface area contributed by atoms with Crippen molar-refractivity contribution >= 4 is 33.4 Å². The number of nitrogens with zero attached hydrogens (tertiary/aromatic N) is 2. The van der Waals surface area contributed by atoms with Crippen LogP contribution in [0.2, 0.25) is 0 Å². The Balaban J connectivity index is 0.971. The van der Waals surface area contributed by atoms with Crippen LogP contribution in [-0.4, -0.2) is 40.8 Å². The monoisotopic (exact) mass is 511 g/mol. The van der Waals surface area contributed by atoms with Crippen LogP contribution in [-0.2, 0) is 6.42 Å². The average Bonchev–Trinajstić information content (AvgIpc) is 3.64. The summed E-state index contributed by atoms with van der Waals surface area (Å²) < 4.78 is 7.10. The van der Waals surface area contributed by atoms with E-state index in [1.54, 1.807) is 35.6 Å². The number of thiazole rings is 1. The Morgan fingerprint density at radius 2 is 1.65 bits per heavy atom. The molecule has 1 saturated carbocycles. The molecule has 7 heteroatoms. The van der Waals surface area contributed by atoms with Crippen molar-refractivity contribution in [3.63, 3.8) is 0 Å². The maximum absolute atomic E-state index is 12.6. The number of carbonyl (C=O) groups is 2. The molecule has 1 aliphatic carbocycles. The first-order chi connectivity index (χ1) is 18.2. The number of fused-ring (bicyclic) bond motifs is 2. The maximum Gasteiger partial charge on any atom is 0.279 e. The van der Waals surface area contributed by atoms with Crippen molar-refractivity contribution in [1.29, 1.82) is 0 Å². The average molecular weight is 512 g/mol. The molecule has 0 radical (unpaired) electrons. The van der Waals surface area contributed by atoms with Gasteiger partial charge >= 0.3 is 0 Å². The molecular weight excluding hydrogens is 482 g/mol. The van der Waals surface area contributed by atoms with Gasteiger partial charge in [-0.05, 0) is 86.5 Å². The summed E-state index contributed by atoms with van der Waals surface area (Å²) in [4.78, 5) is 31.0. The molecule has 4 aromatic rings. The van der Waals surface area contributed by atoms with Crippen LogP contribution in [0.1, 0.15) is 52.0 Å². The molecule has 1 atom stereocenters. The van der Waals surface area contributed by atoms with Crippen molar-refractivity contribution in [2.24, 2.45) is 5.92 Å². The molecule has 188 valence electrons. The second-order valence-corrected chi connectivity index (χ2v) is 10.8. The van der Waals surface area contributed by atoms with Gasteiger partial charge in [0.2, 0.25) is 0 Å². The normalized spacial score (nSPS) is 15.8. The minimum Gasteiger partial charge on any atom is -0.431 e. The molecule has 2 heterocycles. The minimum atomic E-state index is -0.171. The molecule has 0 spiro atoms. The molecule has 6 nitrogen and oxygen atoms in total. The number of aromatic nitrogens is 1. The lowest BCUT2D eigenvalue weighted by atomic mass is 10.0. The molecular formula is C30H29N3O3S.